The number of hydrogen-bond donors (Lipinski definition) is 0. The highest BCUT2D eigenvalue weighted by Crippen LogP contribution is 2.24. The summed E-state index contributed by atoms with van der Waals surface area (Å²) < 4.78 is 1.83. The van der Waals surface area contributed by atoms with Gasteiger partial charge in [-0.15, -0.1) is 0 Å². The third kappa shape index (κ3) is 2.78. The first-order chi connectivity index (χ1) is 9.56. The second-order valence-corrected chi connectivity index (χ2v) is 5.08. The van der Waals surface area contributed by atoms with Gasteiger partial charge in [0.2, 0.25) is 0 Å². The van der Waals surface area contributed by atoms with Gasteiger partial charge in [0.1, 0.15) is 0 Å². The van der Waals surface area contributed by atoms with Crippen LogP contribution in [0.15, 0.2) is 24.3 Å². The van der Waals surface area contributed by atoms with Crippen molar-refractivity contribution in [3.05, 3.63) is 46.2 Å². The van der Waals surface area contributed by atoms with E-state index < -0.39 is 0 Å². The summed E-state index contributed by atoms with van der Waals surface area (Å²) in [5.74, 6) is 0. The van der Waals surface area contributed by atoms with Gasteiger partial charge in [0.25, 0.3) is 0 Å². The molecule has 0 saturated heterocycles. The van der Waals surface area contributed by atoms with Crippen molar-refractivity contribution >= 4 is 17.3 Å². The lowest BCUT2D eigenvalue weighted by Crippen LogP contribution is -2.18. The van der Waals surface area contributed by atoms with E-state index in [1.165, 1.54) is 0 Å². The molecule has 0 aliphatic carbocycles. The SMILES string of the molecule is CCc1nn(C)c(CN(C)c2cccc(C#N)c2)c1Cl. The monoisotopic (exact) mass is 288 g/mol. The van der Waals surface area contributed by atoms with Gasteiger partial charge in [-0.2, -0.15) is 10.4 Å². The first kappa shape index (κ1) is 14.4. The first-order valence-corrected chi connectivity index (χ1v) is 6.86. The molecule has 2 aromatic rings. The van der Waals surface area contributed by atoms with Crippen molar-refractivity contribution in [1.29, 1.82) is 5.26 Å². The zero-order valence-electron chi connectivity index (χ0n) is 11.9. The largest absolute Gasteiger partial charge is 0.369 e. The summed E-state index contributed by atoms with van der Waals surface area (Å²) in [6.45, 7) is 2.69. The third-order valence-corrected chi connectivity index (χ3v) is 3.74. The molecule has 0 aliphatic heterocycles. The lowest BCUT2D eigenvalue weighted by Gasteiger charge is -2.19. The highest BCUT2D eigenvalue weighted by atomic mass is 35.5. The van der Waals surface area contributed by atoms with Crippen LogP contribution in [0.25, 0.3) is 0 Å². The molecule has 0 atom stereocenters. The molecule has 5 heteroatoms. The van der Waals surface area contributed by atoms with Crippen LogP contribution in [0.1, 0.15) is 23.9 Å². The molecule has 0 amide bonds. The van der Waals surface area contributed by atoms with E-state index in [-0.39, 0.29) is 0 Å². The zero-order valence-corrected chi connectivity index (χ0v) is 12.6. The van der Waals surface area contributed by atoms with Crippen LogP contribution in [-0.2, 0) is 20.0 Å². The fourth-order valence-electron chi connectivity index (χ4n) is 2.12. The molecule has 0 N–H and O–H groups in total. The molecule has 0 aliphatic rings. The van der Waals surface area contributed by atoms with Crippen LogP contribution in [0, 0.1) is 11.3 Å². The number of anilines is 1. The van der Waals surface area contributed by atoms with Crippen molar-refractivity contribution in [3.63, 3.8) is 0 Å². The molecule has 104 valence electrons. The molecule has 20 heavy (non-hydrogen) atoms. The van der Waals surface area contributed by atoms with E-state index in [1.807, 2.05) is 43.9 Å². The zero-order chi connectivity index (χ0) is 14.7. The number of benzene rings is 1. The normalized spacial score (nSPS) is 10.3. The second-order valence-electron chi connectivity index (χ2n) is 4.70. The fourth-order valence-corrected chi connectivity index (χ4v) is 2.47. The Morgan fingerprint density at radius 2 is 2.20 bits per heavy atom. The van der Waals surface area contributed by atoms with Gasteiger partial charge in [0.05, 0.1) is 34.6 Å². The molecular formula is C15H17ClN4. The Kier molecular flexibility index (Phi) is 4.31. The summed E-state index contributed by atoms with van der Waals surface area (Å²) in [5.41, 5.74) is 3.54. The predicted octanol–water partition coefficient (Wildman–Crippen LogP) is 3.14. The van der Waals surface area contributed by atoms with Crippen LogP contribution in [-0.4, -0.2) is 16.8 Å². The molecule has 1 aromatic carbocycles. The van der Waals surface area contributed by atoms with E-state index in [0.717, 1.165) is 28.5 Å². The Morgan fingerprint density at radius 3 is 2.80 bits per heavy atom. The summed E-state index contributed by atoms with van der Waals surface area (Å²) in [4.78, 5) is 2.06. The molecule has 2 rings (SSSR count). The number of nitriles is 1. The van der Waals surface area contributed by atoms with Gasteiger partial charge in [-0.05, 0) is 24.6 Å². The fraction of sp³-hybridized carbons (Fsp3) is 0.333. The van der Waals surface area contributed by atoms with Gasteiger partial charge in [-0.1, -0.05) is 24.6 Å². The van der Waals surface area contributed by atoms with Crippen molar-refractivity contribution < 1.29 is 0 Å². The van der Waals surface area contributed by atoms with Gasteiger partial charge in [0.15, 0.2) is 0 Å². The van der Waals surface area contributed by atoms with Crippen LogP contribution in [0.2, 0.25) is 5.02 Å². The molecule has 1 heterocycles. The maximum absolute atomic E-state index is 8.95. The van der Waals surface area contributed by atoms with E-state index in [9.17, 15) is 0 Å². The quantitative estimate of drug-likeness (QED) is 0.868. The minimum Gasteiger partial charge on any atom is -0.369 e. The standard InChI is InChI=1S/C15H17ClN4/c1-4-13-15(16)14(20(3)18-13)10-19(2)12-7-5-6-11(8-12)9-17/h5-8H,4,10H2,1-3H3. The van der Waals surface area contributed by atoms with Gasteiger partial charge in [-0.25, -0.2) is 0 Å². The lowest BCUT2D eigenvalue weighted by molar-refractivity contribution is 0.689. The average molecular weight is 289 g/mol. The Balaban J connectivity index is 2.25. The highest BCUT2D eigenvalue weighted by Gasteiger charge is 2.15. The van der Waals surface area contributed by atoms with Gasteiger partial charge < -0.3 is 4.90 Å². The Labute approximate surface area is 124 Å². The molecular weight excluding hydrogens is 272 g/mol. The summed E-state index contributed by atoms with van der Waals surface area (Å²) in [6, 6.07) is 9.67. The Hall–Kier alpha value is -1.99. The number of halogens is 1. The van der Waals surface area contributed by atoms with Crippen molar-refractivity contribution in [2.24, 2.45) is 7.05 Å². The molecule has 0 unspecified atom stereocenters. The summed E-state index contributed by atoms with van der Waals surface area (Å²) >= 11 is 6.36. The molecule has 0 radical (unpaired) electrons. The van der Waals surface area contributed by atoms with Crippen LogP contribution < -0.4 is 4.90 Å². The third-order valence-electron chi connectivity index (χ3n) is 3.31. The van der Waals surface area contributed by atoms with Crippen molar-refractivity contribution in [1.82, 2.24) is 9.78 Å². The number of rotatable bonds is 4. The van der Waals surface area contributed by atoms with Gasteiger partial charge in [0, 0.05) is 19.8 Å². The maximum atomic E-state index is 8.95. The number of aryl methyl sites for hydroxylation is 2. The topological polar surface area (TPSA) is 44.9 Å². The minimum absolute atomic E-state index is 0.650. The van der Waals surface area contributed by atoms with E-state index in [4.69, 9.17) is 16.9 Å². The number of hydrogen-bond acceptors (Lipinski definition) is 3. The van der Waals surface area contributed by atoms with Crippen LogP contribution in [0.5, 0.6) is 0 Å². The molecule has 0 spiro atoms. The summed E-state index contributed by atoms with van der Waals surface area (Å²) in [7, 11) is 3.88. The molecule has 0 saturated carbocycles. The molecule has 1 aromatic heterocycles. The summed E-state index contributed by atoms with van der Waals surface area (Å²) in [6.07, 6.45) is 0.820. The molecule has 0 bridgehead atoms. The molecule has 0 fully saturated rings. The van der Waals surface area contributed by atoms with Crippen LogP contribution >= 0.6 is 11.6 Å². The highest BCUT2D eigenvalue weighted by molar-refractivity contribution is 6.31. The Bertz CT molecular complexity index is 654. The van der Waals surface area contributed by atoms with Crippen molar-refractivity contribution in [2.45, 2.75) is 19.9 Å². The van der Waals surface area contributed by atoms with E-state index in [1.54, 1.807) is 6.07 Å². The minimum atomic E-state index is 0.650. The van der Waals surface area contributed by atoms with Crippen molar-refractivity contribution in [3.8, 4) is 6.07 Å². The number of nitrogens with zero attached hydrogens (tertiary/aromatic N) is 4. The van der Waals surface area contributed by atoms with E-state index in [2.05, 4.69) is 16.1 Å². The second kappa shape index (κ2) is 5.98. The van der Waals surface area contributed by atoms with Crippen molar-refractivity contribution in [2.75, 3.05) is 11.9 Å². The average Bonchev–Trinajstić information content (AvgIpc) is 2.74. The smallest absolute Gasteiger partial charge is 0.0992 e. The lowest BCUT2D eigenvalue weighted by atomic mass is 10.2. The summed E-state index contributed by atoms with van der Waals surface area (Å²) in [5, 5.41) is 14.1. The number of aromatic nitrogens is 2. The molecule has 4 nitrogen and oxygen atoms in total. The maximum Gasteiger partial charge on any atom is 0.0992 e. The van der Waals surface area contributed by atoms with Crippen LogP contribution in [0.3, 0.4) is 0 Å². The van der Waals surface area contributed by atoms with E-state index in [0.29, 0.717) is 12.1 Å². The Morgan fingerprint density at radius 1 is 1.45 bits per heavy atom. The van der Waals surface area contributed by atoms with Gasteiger partial charge >= 0.3 is 0 Å². The van der Waals surface area contributed by atoms with Gasteiger partial charge in [-0.3, -0.25) is 4.68 Å². The van der Waals surface area contributed by atoms with Crippen LogP contribution in [0.4, 0.5) is 5.69 Å². The first-order valence-electron chi connectivity index (χ1n) is 6.48. The van der Waals surface area contributed by atoms with E-state index >= 15 is 0 Å². The predicted molar refractivity (Wildman–Crippen MR) is 80.9 cm³/mol.